The van der Waals surface area contributed by atoms with Gasteiger partial charge in [-0.15, -0.1) is 0 Å². The number of hydrogen-bond acceptors (Lipinski definition) is 4. The number of primary amides is 1. The second-order valence-electron chi connectivity index (χ2n) is 7.54. The Hall–Kier alpha value is -3.16. The van der Waals surface area contributed by atoms with Gasteiger partial charge in [0.05, 0.1) is 18.4 Å². The normalized spacial score (nSPS) is 16.2. The average molecular weight is 414 g/mol. The van der Waals surface area contributed by atoms with Crippen molar-refractivity contribution in [2.24, 2.45) is 5.73 Å². The van der Waals surface area contributed by atoms with Crippen LogP contribution in [0.3, 0.4) is 0 Å². The fourth-order valence-electron chi connectivity index (χ4n) is 3.57. The van der Waals surface area contributed by atoms with Gasteiger partial charge in [0, 0.05) is 31.8 Å². The molecule has 0 spiro atoms. The molecule has 3 amide bonds. The average Bonchev–Trinajstić information content (AvgIpc) is 2.69. The summed E-state index contributed by atoms with van der Waals surface area (Å²) in [4.78, 5) is 30.8. The third-order valence-corrected chi connectivity index (χ3v) is 5.15. The van der Waals surface area contributed by atoms with Crippen LogP contribution in [-0.4, -0.2) is 47.6 Å². The van der Waals surface area contributed by atoms with E-state index in [1.165, 1.54) is 24.0 Å². The molecule has 0 aliphatic carbocycles. The summed E-state index contributed by atoms with van der Waals surface area (Å²) in [6, 6.07) is 7.50. The van der Waals surface area contributed by atoms with Gasteiger partial charge in [-0.2, -0.15) is 0 Å². The number of hydrogen-bond donors (Lipinski definition) is 1. The van der Waals surface area contributed by atoms with E-state index in [9.17, 15) is 14.0 Å². The Balaban J connectivity index is 1.67. The van der Waals surface area contributed by atoms with Crippen LogP contribution < -0.4 is 15.4 Å². The van der Waals surface area contributed by atoms with E-state index in [1.54, 1.807) is 29.3 Å². The lowest BCUT2D eigenvalue weighted by Crippen LogP contribution is -2.43. The van der Waals surface area contributed by atoms with Gasteiger partial charge in [0.2, 0.25) is 5.91 Å². The van der Waals surface area contributed by atoms with Crippen molar-refractivity contribution in [2.75, 3.05) is 24.5 Å². The molecule has 30 heavy (non-hydrogen) atoms. The van der Waals surface area contributed by atoms with Crippen LogP contribution in [0.5, 0.6) is 5.75 Å². The number of nitrogens with zero attached hydrogens (tertiary/aromatic N) is 3. The van der Waals surface area contributed by atoms with E-state index in [0.29, 0.717) is 30.0 Å². The lowest BCUT2D eigenvalue weighted by atomic mass is 10.1. The molecule has 1 aliphatic heterocycles. The van der Waals surface area contributed by atoms with Crippen molar-refractivity contribution in [1.82, 2.24) is 9.88 Å². The Morgan fingerprint density at radius 3 is 2.80 bits per heavy atom. The van der Waals surface area contributed by atoms with Crippen LogP contribution in [0.15, 0.2) is 36.5 Å². The molecule has 0 bridgehead atoms. The topological polar surface area (TPSA) is 88.8 Å². The molecule has 2 N–H and O–H groups in total. The summed E-state index contributed by atoms with van der Waals surface area (Å²) in [6.45, 7) is 4.90. The molecule has 2 aromatic rings. The first-order valence-corrected chi connectivity index (χ1v) is 10.0. The highest BCUT2D eigenvalue weighted by atomic mass is 19.1. The third-order valence-electron chi connectivity index (χ3n) is 5.15. The zero-order valence-electron chi connectivity index (χ0n) is 17.3. The summed E-state index contributed by atoms with van der Waals surface area (Å²) in [6.07, 6.45) is 3.48. The Bertz CT molecular complexity index is 904. The van der Waals surface area contributed by atoms with Gasteiger partial charge in [0.25, 0.3) is 0 Å². The number of ether oxygens (including phenoxy) is 1. The predicted molar refractivity (Wildman–Crippen MR) is 112 cm³/mol. The van der Waals surface area contributed by atoms with E-state index in [1.807, 2.05) is 6.92 Å². The van der Waals surface area contributed by atoms with Crippen molar-refractivity contribution in [3.63, 3.8) is 0 Å². The maximum atomic E-state index is 14.2. The number of nitrogens with two attached hydrogens (primary N) is 1. The fraction of sp³-hybridized carbons (Fsp3) is 0.409. The van der Waals surface area contributed by atoms with Gasteiger partial charge in [0.15, 0.2) is 0 Å². The first-order valence-electron chi connectivity index (χ1n) is 10.0. The van der Waals surface area contributed by atoms with Crippen molar-refractivity contribution in [3.05, 3.63) is 53.6 Å². The van der Waals surface area contributed by atoms with Gasteiger partial charge in [-0.25, -0.2) is 9.18 Å². The number of rotatable bonds is 6. The second kappa shape index (κ2) is 9.56. The highest BCUT2D eigenvalue weighted by Gasteiger charge is 2.23. The lowest BCUT2D eigenvalue weighted by Gasteiger charge is -2.32. The number of likely N-dealkylation sites (tertiary alicyclic amines) is 1. The van der Waals surface area contributed by atoms with Crippen LogP contribution in [0.2, 0.25) is 0 Å². The Labute approximate surface area is 175 Å². The standard InChI is InChI=1S/C22H27FN4O3/c1-15-5-6-19(13-25-15)27(22(24)29)9-7-17-10-18(23)12-21(11-17)30-20-4-3-8-26(14-20)16(2)28/h5-6,10-13,20H,3-4,7-9,14H2,1-2H3,(H2,24,29)/t20-/m1/s1. The SMILES string of the molecule is CC(=O)N1CCC[C@@H](Oc2cc(F)cc(CCN(C(N)=O)c3ccc(C)nc3)c2)C1. The number of aryl methyl sites for hydroxylation is 1. The quantitative estimate of drug-likeness (QED) is 0.787. The third kappa shape index (κ3) is 5.68. The molecule has 160 valence electrons. The molecule has 0 unspecified atom stereocenters. The minimum Gasteiger partial charge on any atom is -0.488 e. The number of carbonyl (C=O) groups is 2. The summed E-state index contributed by atoms with van der Waals surface area (Å²) in [5.41, 5.74) is 7.64. The highest BCUT2D eigenvalue weighted by Crippen LogP contribution is 2.22. The molecular weight excluding hydrogens is 387 g/mol. The zero-order valence-corrected chi connectivity index (χ0v) is 17.3. The molecule has 1 fully saturated rings. The maximum absolute atomic E-state index is 14.2. The van der Waals surface area contributed by atoms with Gasteiger partial charge in [0.1, 0.15) is 17.7 Å². The number of pyridine rings is 1. The first-order chi connectivity index (χ1) is 14.3. The molecule has 1 aromatic heterocycles. The minimum atomic E-state index is -0.597. The van der Waals surface area contributed by atoms with Gasteiger partial charge < -0.3 is 15.4 Å². The molecule has 1 saturated heterocycles. The second-order valence-corrected chi connectivity index (χ2v) is 7.54. The van der Waals surface area contributed by atoms with Crippen LogP contribution in [0.1, 0.15) is 31.0 Å². The zero-order chi connectivity index (χ0) is 21.7. The molecule has 8 heteroatoms. The van der Waals surface area contributed by atoms with E-state index in [-0.39, 0.29) is 18.6 Å². The summed E-state index contributed by atoms with van der Waals surface area (Å²) in [7, 11) is 0. The smallest absolute Gasteiger partial charge is 0.319 e. The van der Waals surface area contributed by atoms with Crippen LogP contribution in [0, 0.1) is 12.7 Å². The van der Waals surface area contributed by atoms with Crippen molar-refractivity contribution in [3.8, 4) is 5.75 Å². The Morgan fingerprint density at radius 2 is 2.13 bits per heavy atom. The van der Waals surface area contributed by atoms with Crippen molar-refractivity contribution < 1.29 is 18.7 Å². The number of amides is 3. The number of urea groups is 1. The van der Waals surface area contributed by atoms with Gasteiger partial charge >= 0.3 is 6.03 Å². The van der Waals surface area contributed by atoms with Crippen LogP contribution in [0.4, 0.5) is 14.9 Å². The minimum absolute atomic E-state index is 0.0142. The van der Waals surface area contributed by atoms with Crippen molar-refractivity contribution >= 4 is 17.6 Å². The molecular formula is C22H27FN4O3. The molecule has 0 saturated carbocycles. The summed E-state index contributed by atoms with van der Waals surface area (Å²) in [5.74, 6) is 0.0211. The predicted octanol–water partition coefficient (Wildman–Crippen LogP) is 3.05. The van der Waals surface area contributed by atoms with Crippen molar-refractivity contribution in [2.45, 2.75) is 39.2 Å². The molecule has 0 radical (unpaired) electrons. The van der Waals surface area contributed by atoms with E-state index >= 15 is 0 Å². The van der Waals surface area contributed by atoms with Crippen LogP contribution in [-0.2, 0) is 11.2 Å². The number of anilines is 1. The van der Waals surface area contributed by atoms with Crippen molar-refractivity contribution in [1.29, 1.82) is 0 Å². The fourth-order valence-corrected chi connectivity index (χ4v) is 3.57. The van der Waals surface area contributed by atoms with Gasteiger partial charge in [-0.1, -0.05) is 0 Å². The van der Waals surface area contributed by atoms with Crippen LogP contribution >= 0.6 is 0 Å². The number of carbonyl (C=O) groups excluding carboxylic acids is 2. The first kappa shape index (κ1) is 21.5. The number of aromatic nitrogens is 1. The summed E-state index contributed by atoms with van der Waals surface area (Å²) in [5, 5.41) is 0. The molecule has 1 aromatic carbocycles. The summed E-state index contributed by atoms with van der Waals surface area (Å²) < 4.78 is 20.1. The Kier molecular flexibility index (Phi) is 6.87. The largest absolute Gasteiger partial charge is 0.488 e. The highest BCUT2D eigenvalue weighted by molar-refractivity contribution is 5.90. The van der Waals surface area contributed by atoms with Gasteiger partial charge in [-0.3, -0.25) is 14.7 Å². The molecule has 1 atom stereocenters. The molecule has 1 aliphatic rings. The van der Waals surface area contributed by atoms with E-state index in [4.69, 9.17) is 10.5 Å². The molecule has 2 heterocycles. The number of halogens is 1. The van der Waals surface area contributed by atoms with E-state index < -0.39 is 11.8 Å². The molecule has 7 nitrogen and oxygen atoms in total. The monoisotopic (exact) mass is 414 g/mol. The van der Waals surface area contributed by atoms with E-state index in [0.717, 1.165) is 25.1 Å². The Morgan fingerprint density at radius 1 is 1.33 bits per heavy atom. The van der Waals surface area contributed by atoms with E-state index in [2.05, 4.69) is 4.98 Å². The molecule has 3 rings (SSSR count). The number of piperidine rings is 1. The van der Waals surface area contributed by atoms with Gasteiger partial charge in [-0.05, 0) is 56.0 Å². The summed E-state index contributed by atoms with van der Waals surface area (Å²) >= 11 is 0. The maximum Gasteiger partial charge on any atom is 0.319 e. The van der Waals surface area contributed by atoms with Crippen LogP contribution in [0.25, 0.3) is 0 Å². The number of benzene rings is 1. The lowest BCUT2D eigenvalue weighted by molar-refractivity contribution is -0.131.